The van der Waals surface area contributed by atoms with E-state index in [1.54, 1.807) is 0 Å². The SMILES string of the molecule is CN1C(=O)CCC(NS(=O)(=O)c2c[nH]c(=O)c(Cl)c2)C1=O. The van der Waals surface area contributed by atoms with Gasteiger partial charge in [-0.3, -0.25) is 19.3 Å². The Hall–Kier alpha value is -1.71. The smallest absolute Gasteiger partial charge is 0.266 e. The number of hydrogen-bond acceptors (Lipinski definition) is 5. The van der Waals surface area contributed by atoms with Gasteiger partial charge in [0.2, 0.25) is 21.8 Å². The van der Waals surface area contributed by atoms with E-state index in [9.17, 15) is 22.8 Å². The molecule has 114 valence electrons. The first kappa shape index (κ1) is 15.7. The van der Waals surface area contributed by atoms with E-state index < -0.39 is 27.5 Å². The number of sulfonamides is 1. The van der Waals surface area contributed by atoms with Gasteiger partial charge in [-0.15, -0.1) is 0 Å². The van der Waals surface area contributed by atoms with Crippen LogP contribution in [-0.4, -0.2) is 43.2 Å². The van der Waals surface area contributed by atoms with Crippen LogP contribution >= 0.6 is 11.6 Å². The summed E-state index contributed by atoms with van der Waals surface area (Å²) in [6.07, 6.45) is 1.14. The van der Waals surface area contributed by atoms with Crippen LogP contribution < -0.4 is 10.3 Å². The maximum atomic E-state index is 12.2. The molecule has 0 aliphatic carbocycles. The number of likely N-dealkylation sites (tertiary alicyclic amines) is 1. The summed E-state index contributed by atoms with van der Waals surface area (Å²) in [5.74, 6) is -0.979. The van der Waals surface area contributed by atoms with E-state index in [1.165, 1.54) is 7.05 Å². The second-order valence-electron chi connectivity index (χ2n) is 4.52. The number of rotatable bonds is 3. The summed E-state index contributed by atoms with van der Waals surface area (Å²) in [6.45, 7) is 0. The lowest BCUT2D eigenvalue weighted by atomic mass is 10.1. The zero-order valence-corrected chi connectivity index (χ0v) is 12.5. The maximum absolute atomic E-state index is 12.2. The first-order valence-electron chi connectivity index (χ1n) is 5.93. The topological polar surface area (TPSA) is 116 Å². The highest BCUT2D eigenvalue weighted by Crippen LogP contribution is 2.16. The van der Waals surface area contributed by atoms with Gasteiger partial charge in [0, 0.05) is 19.7 Å². The highest BCUT2D eigenvalue weighted by molar-refractivity contribution is 7.89. The summed E-state index contributed by atoms with van der Waals surface area (Å²) in [4.78, 5) is 37.1. The van der Waals surface area contributed by atoms with Crippen LogP contribution in [0.1, 0.15) is 12.8 Å². The molecule has 1 aliphatic rings. The molecule has 0 saturated carbocycles. The van der Waals surface area contributed by atoms with Crippen LogP contribution in [0.4, 0.5) is 0 Å². The third-order valence-corrected chi connectivity index (χ3v) is 4.82. The Balaban J connectivity index is 2.25. The van der Waals surface area contributed by atoms with Gasteiger partial charge in [-0.25, -0.2) is 8.42 Å². The molecule has 1 aromatic heterocycles. The monoisotopic (exact) mass is 333 g/mol. The van der Waals surface area contributed by atoms with E-state index in [-0.39, 0.29) is 28.7 Å². The minimum absolute atomic E-state index is 0.0712. The number of aromatic amines is 1. The molecule has 0 radical (unpaired) electrons. The standard InChI is InChI=1S/C11H12ClN3O5S/c1-15-9(16)3-2-8(11(15)18)14-21(19,20)6-4-7(12)10(17)13-5-6/h4-5,8,14H,2-3H2,1H3,(H,13,17). The molecule has 1 saturated heterocycles. The summed E-state index contributed by atoms with van der Waals surface area (Å²) >= 11 is 5.58. The first-order valence-corrected chi connectivity index (χ1v) is 7.79. The number of nitrogens with zero attached hydrogens (tertiary/aromatic N) is 1. The number of hydrogen-bond donors (Lipinski definition) is 2. The van der Waals surface area contributed by atoms with Gasteiger partial charge in [0.15, 0.2) is 0 Å². The minimum Gasteiger partial charge on any atom is -0.326 e. The predicted octanol–water partition coefficient (Wildman–Crippen LogP) is -0.546. The lowest BCUT2D eigenvalue weighted by molar-refractivity contribution is -0.147. The molecule has 1 fully saturated rings. The van der Waals surface area contributed by atoms with Crippen molar-refractivity contribution in [2.24, 2.45) is 0 Å². The van der Waals surface area contributed by atoms with E-state index in [4.69, 9.17) is 11.6 Å². The Bertz CT molecular complexity index is 757. The molecule has 2 amide bonds. The zero-order chi connectivity index (χ0) is 15.8. The van der Waals surface area contributed by atoms with Crippen LogP contribution in [0, 0.1) is 0 Å². The fraction of sp³-hybridized carbons (Fsp3) is 0.364. The van der Waals surface area contributed by atoms with E-state index >= 15 is 0 Å². The number of piperidine rings is 1. The van der Waals surface area contributed by atoms with Crippen LogP contribution in [-0.2, 0) is 19.6 Å². The number of nitrogens with one attached hydrogen (secondary N) is 2. The van der Waals surface area contributed by atoms with E-state index in [0.717, 1.165) is 17.2 Å². The number of aromatic nitrogens is 1. The third-order valence-electron chi connectivity index (χ3n) is 3.09. The Morgan fingerprint density at radius 2 is 2.05 bits per heavy atom. The van der Waals surface area contributed by atoms with Crippen molar-refractivity contribution in [2.45, 2.75) is 23.8 Å². The molecule has 0 bridgehead atoms. The van der Waals surface area contributed by atoms with Gasteiger partial charge >= 0.3 is 0 Å². The normalized spacial score (nSPS) is 19.9. The molecule has 1 unspecified atom stereocenters. The van der Waals surface area contributed by atoms with Crippen LogP contribution in [0.2, 0.25) is 5.02 Å². The highest BCUT2D eigenvalue weighted by Gasteiger charge is 2.34. The molecular formula is C11H12ClN3O5S. The molecule has 0 spiro atoms. The number of likely N-dealkylation sites (N-methyl/N-ethyl adjacent to an activating group) is 1. The van der Waals surface area contributed by atoms with Gasteiger partial charge in [0.1, 0.15) is 11.1 Å². The first-order chi connectivity index (χ1) is 9.72. The summed E-state index contributed by atoms with van der Waals surface area (Å²) in [5, 5.41) is -0.278. The fourth-order valence-electron chi connectivity index (χ4n) is 1.87. The second-order valence-corrected chi connectivity index (χ2v) is 6.64. The highest BCUT2D eigenvalue weighted by atomic mass is 35.5. The van der Waals surface area contributed by atoms with Crippen LogP contribution in [0.3, 0.4) is 0 Å². The molecule has 0 aromatic carbocycles. The van der Waals surface area contributed by atoms with Gasteiger partial charge in [0.25, 0.3) is 5.56 Å². The Morgan fingerprint density at radius 3 is 2.67 bits per heavy atom. The van der Waals surface area contributed by atoms with Crippen molar-refractivity contribution >= 4 is 33.4 Å². The van der Waals surface area contributed by atoms with Crippen LogP contribution in [0.15, 0.2) is 22.0 Å². The minimum atomic E-state index is -4.04. The lowest BCUT2D eigenvalue weighted by Gasteiger charge is -2.27. The van der Waals surface area contributed by atoms with E-state index in [2.05, 4.69) is 9.71 Å². The van der Waals surface area contributed by atoms with E-state index in [1.807, 2.05) is 0 Å². The van der Waals surface area contributed by atoms with Gasteiger partial charge < -0.3 is 4.98 Å². The number of halogens is 1. The summed E-state index contributed by atoms with van der Waals surface area (Å²) < 4.78 is 26.5. The maximum Gasteiger partial charge on any atom is 0.266 e. The number of amides is 2. The Kier molecular flexibility index (Phi) is 4.17. The summed E-state index contributed by atoms with van der Waals surface area (Å²) in [5.41, 5.74) is -0.616. The summed E-state index contributed by atoms with van der Waals surface area (Å²) in [6, 6.07) is -0.0337. The molecule has 10 heteroatoms. The molecule has 2 rings (SSSR count). The number of imide groups is 1. The molecule has 1 aromatic rings. The average Bonchev–Trinajstić information content (AvgIpc) is 2.42. The molecule has 8 nitrogen and oxygen atoms in total. The van der Waals surface area contributed by atoms with Crippen molar-refractivity contribution in [3.8, 4) is 0 Å². The Morgan fingerprint density at radius 1 is 1.38 bits per heavy atom. The number of carbonyl (C=O) groups excluding carboxylic acids is 2. The molecule has 2 heterocycles. The molecule has 1 aliphatic heterocycles. The zero-order valence-electron chi connectivity index (χ0n) is 10.9. The number of H-pyrrole nitrogens is 1. The molecule has 1 atom stereocenters. The van der Waals surface area contributed by atoms with Gasteiger partial charge in [-0.05, 0) is 12.5 Å². The molecule has 2 N–H and O–H groups in total. The fourth-order valence-corrected chi connectivity index (χ4v) is 3.33. The molecule has 21 heavy (non-hydrogen) atoms. The van der Waals surface area contributed by atoms with Gasteiger partial charge in [-0.1, -0.05) is 11.6 Å². The van der Waals surface area contributed by atoms with Crippen LogP contribution in [0.5, 0.6) is 0 Å². The number of carbonyl (C=O) groups is 2. The van der Waals surface area contributed by atoms with Crippen molar-refractivity contribution in [1.29, 1.82) is 0 Å². The van der Waals surface area contributed by atoms with Gasteiger partial charge in [-0.2, -0.15) is 4.72 Å². The van der Waals surface area contributed by atoms with E-state index in [0.29, 0.717) is 0 Å². The van der Waals surface area contributed by atoms with Crippen LogP contribution in [0.25, 0.3) is 0 Å². The van der Waals surface area contributed by atoms with Crippen molar-refractivity contribution < 1.29 is 18.0 Å². The largest absolute Gasteiger partial charge is 0.326 e. The average molecular weight is 334 g/mol. The quantitative estimate of drug-likeness (QED) is 0.720. The third kappa shape index (κ3) is 3.14. The van der Waals surface area contributed by atoms with Crippen molar-refractivity contribution in [3.63, 3.8) is 0 Å². The van der Waals surface area contributed by atoms with Crippen molar-refractivity contribution in [2.75, 3.05) is 7.05 Å². The predicted molar refractivity (Wildman–Crippen MR) is 73.2 cm³/mol. The second kappa shape index (κ2) is 5.58. The summed E-state index contributed by atoms with van der Waals surface area (Å²) in [7, 11) is -2.74. The Labute approximate surface area is 125 Å². The number of pyridine rings is 1. The lowest BCUT2D eigenvalue weighted by Crippen LogP contribution is -2.52. The van der Waals surface area contributed by atoms with Crippen molar-refractivity contribution in [1.82, 2.24) is 14.6 Å². The van der Waals surface area contributed by atoms with Crippen molar-refractivity contribution in [3.05, 3.63) is 27.6 Å². The van der Waals surface area contributed by atoms with Gasteiger partial charge in [0.05, 0.1) is 4.90 Å². The molecular weight excluding hydrogens is 322 g/mol.